The zero-order valence-electron chi connectivity index (χ0n) is 11.2. The summed E-state index contributed by atoms with van der Waals surface area (Å²) in [5.74, 6) is 1.77. The first-order valence-electron chi connectivity index (χ1n) is 6.98. The summed E-state index contributed by atoms with van der Waals surface area (Å²) in [7, 11) is 0. The van der Waals surface area contributed by atoms with Crippen LogP contribution in [0.3, 0.4) is 0 Å². The summed E-state index contributed by atoms with van der Waals surface area (Å²) in [6.07, 6.45) is 8.95. The number of carbonyl (C=O) groups excluding carboxylic acids is 1. The molecule has 1 aromatic carbocycles. The highest BCUT2D eigenvalue weighted by molar-refractivity contribution is 5.75. The normalized spacial score (nSPS) is 16.5. The maximum absolute atomic E-state index is 10.6. The second kappa shape index (κ2) is 6.58. The molecule has 0 aliphatic heterocycles. The third-order valence-electron chi connectivity index (χ3n) is 3.84. The summed E-state index contributed by atoms with van der Waals surface area (Å²) >= 11 is 0. The van der Waals surface area contributed by atoms with Crippen molar-refractivity contribution in [3.05, 3.63) is 29.3 Å². The first-order valence-corrected chi connectivity index (χ1v) is 6.98. The lowest BCUT2D eigenvalue weighted by atomic mass is 9.87. The Morgan fingerprint density at radius 1 is 1.28 bits per heavy atom. The molecular formula is C16H22O2. The molecule has 0 spiro atoms. The zero-order valence-corrected chi connectivity index (χ0v) is 11.2. The lowest BCUT2D eigenvalue weighted by Crippen LogP contribution is -2.11. The third-order valence-corrected chi connectivity index (χ3v) is 3.84. The Kier molecular flexibility index (Phi) is 4.80. The molecule has 0 atom stereocenters. The summed E-state index contributed by atoms with van der Waals surface area (Å²) in [4.78, 5) is 10.6. The molecule has 2 heteroatoms. The molecule has 0 aromatic heterocycles. The van der Waals surface area contributed by atoms with Gasteiger partial charge in [-0.3, -0.25) is 4.79 Å². The largest absolute Gasteiger partial charge is 0.493 e. The van der Waals surface area contributed by atoms with Gasteiger partial charge in [-0.15, -0.1) is 0 Å². The van der Waals surface area contributed by atoms with Crippen molar-refractivity contribution >= 4 is 6.29 Å². The van der Waals surface area contributed by atoms with Crippen LogP contribution in [0.15, 0.2) is 18.2 Å². The van der Waals surface area contributed by atoms with Crippen LogP contribution in [0.1, 0.15) is 54.4 Å². The average Bonchev–Trinajstić information content (AvgIpc) is 2.42. The van der Waals surface area contributed by atoms with Crippen molar-refractivity contribution in [1.82, 2.24) is 0 Å². The fourth-order valence-corrected chi connectivity index (χ4v) is 2.72. The van der Waals surface area contributed by atoms with E-state index in [1.165, 1.54) is 32.1 Å². The number of aryl methyl sites for hydroxylation is 1. The summed E-state index contributed by atoms with van der Waals surface area (Å²) < 4.78 is 5.82. The van der Waals surface area contributed by atoms with E-state index in [2.05, 4.69) is 0 Å². The van der Waals surface area contributed by atoms with Crippen LogP contribution in [0.2, 0.25) is 0 Å². The summed E-state index contributed by atoms with van der Waals surface area (Å²) in [5.41, 5.74) is 1.76. The highest BCUT2D eigenvalue weighted by Gasteiger charge is 2.13. The molecule has 0 unspecified atom stereocenters. The molecule has 1 saturated carbocycles. The number of carbonyl (C=O) groups is 1. The standard InChI is InChI=1S/C16H22O2/c1-13-11-15(12-17)7-8-16(13)18-10-9-14-5-3-2-4-6-14/h7-8,11-12,14H,2-6,9-10H2,1H3. The highest BCUT2D eigenvalue weighted by Crippen LogP contribution is 2.27. The predicted octanol–water partition coefficient (Wildman–Crippen LogP) is 4.16. The molecular weight excluding hydrogens is 224 g/mol. The van der Waals surface area contributed by atoms with Crippen LogP contribution in [-0.2, 0) is 0 Å². The summed E-state index contributed by atoms with van der Waals surface area (Å²) in [6.45, 7) is 2.79. The van der Waals surface area contributed by atoms with Crippen molar-refractivity contribution < 1.29 is 9.53 Å². The van der Waals surface area contributed by atoms with Crippen LogP contribution in [0.5, 0.6) is 5.75 Å². The predicted molar refractivity (Wildman–Crippen MR) is 73.3 cm³/mol. The molecule has 0 saturated heterocycles. The van der Waals surface area contributed by atoms with Gasteiger partial charge in [0.15, 0.2) is 0 Å². The van der Waals surface area contributed by atoms with E-state index >= 15 is 0 Å². The first kappa shape index (κ1) is 13.1. The fraction of sp³-hybridized carbons (Fsp3) is 0.562. The first-order chi connectivity index (χ1) is 8.79. The van der Waals surface area contributed by atoms with E-state index in [1.54, 1.807) is 0 Å². The molecule has 0 radical (unpaired) electrons. The molecule has 18 heavy (non-hydrogen) atoms. The maximum atomic E-state index is 10.6. The van der Waals surface area contributed by atoms with E-state index in [-0.39, 0.29) is 0 Å². The van der Waals surface area contributed by atoms with Gasteiger partial charge >= 0.3 is 0 Å². The Balaban J connectivity index is 1.80. The van der Waals surface area contributed by atoms with Gasteiger partial charge in [-0.1, -0.05) is 32.1 Å². The van der Waals surface area contributed by atoms with Gasteiger partial charge in [0.25, 0.3) is 0 Å². The third kappa shape index (κ3) is 3.59. The number of benzene rings is 1. The summed E-state index contributed by atoms with van der Waals surface area (Å²) in [5, 5.41) is 0. The van der Waals surface area contributed by atoms with Crippen molar-refractivity contribution in [2.24, 2.45) is 5.92 Å². The lowest BCUT2D eigenvalue weighted by molar-refractivity contribution is 0.112. The molecule has 1 aliphatic carbocycles. The molecule has 0 amide bonds. The minimum atomic E-state index is 0.715. The molecule has 1 aliphatic rings. The monoisotopic (exact) mass is 246 g/mol. The smallest absolute Gasteiger partial charge is 0.150 e. The SMILES string of the molecule is Cc1cc(C=O)ccc1OCCC1CCCCC1. The topological polar surface area (TPSA) is 26.3 Å². The van der Waals surface area contributed by atoms with E-state index in [9.17, 15) is 4.79 Å². The molecule has 0 heterocycles. The van der Waals surface area contributed by atoms with Crippen LogP contribution in [-0.4, -0.2) is 12.9 Å². The molecule has 2 rings (SSSR count). The zero-order chi connectivity index (χ0) is 12.8. The Morgan fingerprint density at radius 3 is 2.72 bits per heavy atom. The quantitative estimate of drug-likeness (QED) is 0.729. The van der Waals surface area contributed by atoms with Gasteiger partial charge in [-0.25, -0.2) is 0 Å². The van der Waals surface area contributed by atoms with Crippen LogP contribution >= 0.6 is 0 Å². The minimum absolute atomic E-state index is 0.715. The molecule has 2 nitrogen and oxygen atoms in total. The molecule has 1 aromatic rings. The second-order valence-corrected chi connectivity index (χ2v) is 5.28. The number of hydrogen-bond acceptors (Lipinski definition) is 2. The summed E-state index contributed by atoms with van der Waals surface area (Å²) in [6, 6.07) is 5.60. The van der Waals surface area contributed by atoms with Gasteiger partial charge in [0, 0.05) is 5.56 Å². The lowest BCUT2D eigenvalue weighted by Gasteiger charge is -2.21. The van der Waals surface area contributed by atoms with Crippen LogP contribution in [0.25, 0.3) is 0 Å². The number of ether oxygens (including phenoxy) is 1. The van der Waals surface area contributed by atoms with E-state index in [0.717, 1.165) is 36.5 Å². The van der Waals surface area contributed by atoms with Crippen LogP contribution < -0.4 is 4.74 Å². The number of aldehydes is 1. The van der Waals surface area contributed by atoms with Crippen LogP contribution in [0, 0.1) is 12.8 Å². The Morgan fingerprint density at radius 2 is 2.06 bits per heavy atom. The van der Waals surface area contributed by atoms with E-state index in [1.807, 2.05) is 25.1 Å². The fourth-order valence-electron chi connectivity index (χ4n) is 2.72. The van der Waals surface area contributed by atoms with Gasteiger partial charge in [-0.2, -0.15) is 0 Å². The minimum Gasteiger partial charge on any atom is -0.493 e. The van der Waals surface area contributed by atoms with Crippen molar-refractivity contribution in [3.63, 3.8) is 0 Å². The van der Waals surface area contributed by atoms with Gasteiger partial charge in [0.2, 0.25) is 0 Å². The Labute approximate surface area is 109 Å². The Hall–Kier alpha value is -1.31. The van der Waals surface area contributed by atoms with Gasteiger partial charge < -0.3 is 4.74 Å². The molecule has 1 fully saturated rings. The van der Waals surface area contributed by atoms with Crippen molar-refractivity contribution in [3.8, 4) is 5.75 Å². The van der Waals surface area contributed by atoms with Crippen molar-refractivity contribution in [2.75, 3.05) is 6.61 Å². The van der Waals surface area contributed by atoms with Gasteiger partial charge in [0.1, 0.15) is 12.0 Å². The number of hydrogen-bond donors (Lipinski definition) is 0. The van der Waals surface area contributed by atoms with E-state index < -0.39 is 0 Å². The molecule has 98 valence electrons. The van der Waals surface area contributed by atoms with Crippen molar-refractivity contribution in [2.45, 2.75) is 45.4 Å². The van der Waals surface area contributed by atoms with E-state index in [4.69, 9.17) is 4.74 Å². The van der Waals surface area contributed by atoms with E-state index in [0.29, 0.717) is 5.56 Å². The number of rotatable bonds is 5. The van der Waals surface area contributed by atoms with Crippen molar-refractivity contribution in [1.29, 1.82) is 0 Å². The second-order valence-electron chi connectivity index (χ2n) is 5.28. The van der Waals surface area contributed by atoms with Crippen LogP contribution in [0.4, 0.5) is 0 Å². The molecule has 0 bridgehead atoms. The van der Waals surface area contributed by atoms with Gasteiger partial charge in [-0.05, 0) is 43.0 Å². The average molecular weight is 246 g/mol. The highest BCUT2D eigenvalue weighted by atomic mass is 16.5. The molecule has 0 N–H and O–H groups in total. The van der Waals surface area contributed by atoms with Gasteiger partial charge in [0.05, 0.1) is 6.61 Å². The Bertz CT molecular complexity index is 392. The maximum Gasteiger partial charge on any atom is 0.150 e.